The quantitative estimate of drug-likeness (QED) is 0.208. The molecule has 11 heteroatoms. The summed E-state index contributed by atoms with van der Waals surface area (Å²) in [4.78, 5) is 21.4. The van der Waals surface area contributed by atoms with Crippen LogP contribution in [0.2, 0.25) is 0 Å². The van der Waals surface area contributed by atoms with Crippen LogP contribution >= 0.6 is 11.8 Å². The third-order valence-corrected chi connectivity index (χ3v) is 5.54. The fraction of sp³-hybridized carbons (Fsp3) is 0.455. The van der Waals surface area contributed by atoms with E-state index >= 15 is 0 Å². The van der Waals surface area contributed by atoms with Gasteiger partial charge in [0.1, 0.15) is 17.4 Å². The number of rotatable bonds is 14. The molecule has 178 valence electrons. The van der Waals surface area contributed by atoms with E-state index in [0.717, 1.165) is 23.4 Å². The van der Waals surface area contributed by atoms with Crippen LogP contribution in [0.4, 0.5) is 10.2 Å². The predicted molar refractivity (Wildman–Crippen MR) is 126 cm³/mol. The van der Waals surface area contributed by atoms with Crippen molar-refractivity contribution in [2.45, 2.75) is 32.0 Å². The Morgan fingerprint density at radius 3 is 2.76 bits per heavy atom. The molecular formula is C22H29FN6O3S. The Labute approximate surface area is 196 Å². The molecule has 2 aromatic heterocycles. The third kappa shape index (κ3) is 7.57. The van der Waals surface area contributed by atoms with Crippen molar-refractivity contribution in [1.29, 1.82) is 0 Å². The van der Waals surface area contributed by atoms with Crippen LogP contribution in [0, 0.1) is 5.82 Å². The molecule has 1 aromatic carbocycles. The molecule has 0 aliphatic heterocycles. The first kappa shape index (κ1) is 24.7. The summed E-state index contributed by atoms with van der Waals surface area (Å²) in [5.74, 6) is 1.44. The molecule has 33 heavy (non-hydrogen) atoms. The molecule has 2 N–H and O–H groups in total. The van der Waals surface area contributed by atoms with Gasteiger partial charge in [0, 0.05) is 25.4 Å². The first-order chi connectivity index (χ1) is 16.1. The highest BCUT2D eigenvalue weighted by Crippen LogP contribution is 2.24. The van der Waals surface area contributed by atoms with Crippen LogP contribution in [0.3, 0.4) is 0 Å². The number of nitrogens with zero attached hydrogens (tertiary/aromatic N) is 4. The molecule has 0 saturated heterocycles. The van der Waals surface area contributed by atoms with Gasteiger partial charge in [-0.2, -0.15) is 5.10 Å². The average molecular weight is 477 g/mol. The molecular weight excluding hydrogens is 447 g/mol. The zero-order valence-corrected chi connectivity index (χ0v) is 19.7. The van der Waals surface area contributed by atoms with E-state index in [9.17, 15) is 9.18 Å². The van der Waals surface area contributed by atoms with Crippen molar-refractivity contribution >= 4 is 34.5 Å². The molecule has 3 aromatic rings. The molecule has 0 radical (unpaired) electrons. The number of amides is 1. The minimum atomic E-state index is -0.356. The molecule has 1 amide bonds. The van der Waals surface area contributed by atoms with Crippen LogP contribution in [0.15, 0.2) is 35.6 Å². The van der Waals surface area contributed by atoms with E-state index in [0.29, 0.717) is 49.4 Å². The summed E-state index contributed by atoms with van der Waals surface area (Å²) in [6, 6.07) is 5.52. The number of benzene rings is 1. The molecule has 0 bridgehead atoms. The van der Waals surface area contributed by atoms with Gasteiger partial charge in [0.05, 0.1) is 24.7 Å². The fourth-order valence-electron chi connectivity index (χ4n) is 2.91. The summed E-state index contributed by atoms with van der Waals surface area (Å²) in [6.45, 7) is 6.60. The lowest BCUT2D eigenvalue weighted by Gasteiger charge is -2.10. The van der Waals surface area contributed by atoms with Crippen molar-refractivity contribution in [2.75, 3.05) is 44.0 Å². The van der Waals surface area contributed by atoms with Gasteiger partial charge in [-0.05, 0) is 37.6 Å². The molecule has 2 heterocycles. The van der Waals surface area contributed by atoms with Gasteiger partial charge in [0.15, 0.2) is 17.4 Å². The lowest BCUT2D eigenvalue weighted by molar-refractivity contribution is -0.123. The largest absolute Gasteiger partial charge is 0.484 e. The molecule has 0 aliphatic carbocycles. The number of hydrogen-bond acceptors (Lipinski definition) is 8. The molecule has 0 unspecified atom stereocenters. The Morgan fingerprint density at radius 2 is 2.00 bits per heavy atom. The van der Waals surface area contributed by atoms with Gasteiger partial charge in [-0.25, -0.2) is 19.0 Å². The fourth-order valence-corrected chi connectivity index (χ4v) is 3.60. The molecule has 0 saturated carbocycles. The second kappa shape index (κ2) is 12.9. The van der Waals surface area contributed by atoms with Crippen molar-refractivity contribution in [3.8, 4) is 5.75 Å². The van der Waals surface area contributed by atoms with E-state index in [2.05, 4.69) is 32.6 Å². The smallest absolute Gasteiger partial charge is 0.258 e. The number of halogens is 1. The van der Waals surface area contributed by atoms with Crippen LogP contribution < -0.4 is 15.4 Å². The summed E-state index contributed by atoms with van der Waals surface area (Å²) in [5.41, 5.74) is 0.708. The summed E-state index contributed by atoms with van der Waals surface area (Å²) < 4.78 is 25.4. The standard InChI is InChI=1S/C22H29FN6O3S/c1-3-13-33-22-27-20(25-10-12-31-4-2)18-14-26-29(21(18)28-22)11-9-24-19(30)15-32-17-7-5-16(23)6-8-17/h5-8,14H,3-4,9-13,15H2,1-2H3,(H,24,30)(H,25,27,28). The number of aromatic nitrogens is 4. The van der Waals surface area contributed by atoms with E-state index < -0.39 is 0 Å². The first-order valence-corrected chi connectivity index (χ1v) is 11.9. The second-order valence-corrected chi connectivity index (χ2v) is 8.09. The molecule has 0 aliphatic rings. The van der Waals surface area contributed by atoms with Crippen molar-refractivity contribution in [3.63, 3.8) is 0 Å². The van der Waals surface area contributed by atoms with Crippen molar-refractivity contribution in [2.24, 2.45) is 0 Å². The van der Waals surface area contributed by atoms with Crippen molar-refractivity contribution in [1.82, 2.24) is 25.1 Å². The second-order valence-electron chi connectivity index (χ2n) is 7.02. The van der Waals surface area contributed by atoms with E-state index in [1.54, 1.807) is 22.6 Å². The Bertz CT molecular complexity index is 1030. The van der Waals surface area contributed by atoms with Gasteiger partial charge in [-0.15, -0.1) is 0 Å². The zero-order valence-electron chi connectivity index (χ0n) is 18.8. The minimum Gasteiger partial charge on any atom is -0.484 e. The lowest BCUT2D eigenvalue weighted by Crippen LogP contribution is -2.31. The summed E-state index contributed by atoms with van der Waals surface area (Å²) in [7, 11) is 0. The van der Waals surface area contributed by atoms with Gasteiger partial charge < -0.3 is 20.1 Å². The maximum atomic E-state index is 12.9. The van der Waals surface area contributed by atoms with Crippen LogP contribution in [0.5, 0.6) is 5.75 Å². The lowest BCUT2D eigenvalue weighted by atomic mass is 10.3. The Hall–Kier alpha value is -2.92. The van der Waals surface area contributed by atoms with Crippen LogP contribution in [-0.4, -0.2) is 64.3 Å². The van der Waals surface area contributed by atoms with E-state index in [-0.39, 0.29) is 18.3 Å². The number of anilines is 1. The van der Waals surface area contributed by atoms with Gasteiger partial charge in [0.2, 0.25) is 0 Å². The van der Waals surface area contributed by atoms with Gasteiger partial charge in [-0.3, -0.25) is 4.79 Å². The van der Waals surface area contributed by atoms with Gasteiger partial charge in [-0.1, -0.05) is 18.7 Å². The first-order valence-electron chi connectivity index (χ1n) is 10.9. The SMILES string of the molecule is CCCSc1nc(NCCOCC)c2cnn(CCNC(=O)COc3ccc(F)cc3)c2n1. The molecule has 0 spiro atoms. The average Bonchev–Trinajstić information content (AvgIpc) is 3.23. The number of hydrogen-bond donors (Lipinski definition) is 2. The van der Waals surface area contributed by atoms with E-state index in [4.69, 9.17) is 9.47 Å². The topological polar surface area (TPSA) is 103 Å². The highest BCUT2D eigenvalue weighted by atomic mass is 32.2. The highest BCUT2D eigenvalue weighted by molar-refractivity contribution is 7.99. The summed E-state index contributed by atoms with van der Waals surface area (Å²) >= 11 is 1.60. The number of fused-ring (bicyclic) bond motifs is 1. The van der Waals surface area contributed by atoms with E-state index in [1.165, 1.54) is 24.3 Å². The third-order valence-electron chi connectivity index (χ3n) is 4.48. The summed E-state index contributed by atoms with van der Waals surface area (Å²) in [5, 5.41) is 12.0. The Kier molecular flexibility index (Phi) is 9.70. The molecule has 0 atom stereocenters. The number of thioether (sulfide) groups is 1. The summed E-state index contributed by atoms with van der Waals surface area (Å²) in [6.07, 6.45) is 2.75. The minimum absolute atomic E-state index is 0.153. The van der Waals surface area contributed by atoms with Crippen LogP contribution in [-0.2, 0) is 16.1 Å². The predicted octanol–water partition coefficient (Wildman–Crippen LogP) is 3.11. The number of carbonyl (C=O) groups is 1. The van der Waals surface area contributed by atoms with Crippen LogP contribution in [0.25, 0.3) is 11.0 Å². The number of ether oxygens (including phenoxy) is 2. The van der Waals surface area contributed by atoms with Gasteiger partial charge >= 0.3 is 0 Å². The van der Waals surface area contributed by atoms with Crippen molar-refractivity contribution in [3.05, 3.63) is 36.3 Å². The molecule has 0 fully saturated rings. The normalized spacial score (nSPS) is 11.0. The molecule has 9 nitrogen and oxygen atoms in total. The Balaban J connectivity index is 1.59. The van der Waals surface area contributed by atoms with Gasteiger partial charge in [0.25, 0.3) is 5.91 Å². The number of carbonyl (C=O) groups excluding carboxylic acids is 1. The molecule has 3 rings (SSSR count). The van der Waals surface area contributed by atoms with Crippen molar-refractivity contribution < 1.29 is 18.7 Å². The Morgan fingerprint density at radius 1 is 1.18 bits per heavy atom. The maximum Gasteiger partial charge on any atom is 0.258 e. The number of nitrogens with one attached hydrogen (secondary N) is 2. The zero-order chi connectivity index (χ0) is 23.5. The van der Waals surface area contributed by atoms with Crippen LogP contribution in [0.1, 0.15) is 20.3 Å². The highest BCUT2D eigenvalue weighted by Gasteiger charge is 2.13. The monoisotopic (exact) mass is 476 g/mol. The maximum absolute atomic E-state index is 12.9. The van der Waals surface area contributed by atoms with E-state index in [1.807, 2.05) is 6.92 Å².